The lowest BCUT2D eigenvalue weighted by Gasteiger charge is -2.30. The molecule has 0 bridgehead atoms. The molecule has 0 amide bonds. The third kappa shape index (κ3) is 2.93. The van der Waals surface area contributed by atoms with Crippen LogP contribution in [0.2, 0.25) is 0 Å². The molecule has 3 unspecified atom stereocenters. The average molecular weight is 221 g/mol. The minimum atomic E-state index is -2.87. The molecule has 0 aromatic rings. The summed E-state index contributed by atoms with van der Waals surface area (Å²) in [5.74, 6) is 0.431. The molecule has 1 rings (SSSR count). The fraction of sp³-hybridized carbons (Fsp3) is 1.00. The Kier molecular flexibility index (Phi) is 3.23. The van der Waals surface area contributed by atoms with Crippen LogP contribution in [0.5, 0.6) is 0 Å². The van der Waals surface area contributed by atoms with E-state index in [2.05, 4.69) is 5.32 Å². The van der Waals surface area contributed by atoms with Gasteiger partial charge in [0, 0.05) is 11.6 Å². The Morgan fingerprint density at radius 2 is 2.00 bits per heavy atom. The van der Waals surface area contributed by atoms with Gasteiger partial charge in [0.15, 0.2) is 9.84 Å². The quantitative estimate of drug-likeness (QED) is 0.700. The summed E-state index contributed by atoms with van der Waals surface area (Å²) in [6, 6.07) is -0.0756. The Bertz CT molecular complexity index is 299. The summed E-state index contributed by atoms with van der Waals surface area (Å²) in [7, 11) is -2.87. The van der Waals surface area contributed by atoms with Gasteiger partial charge in [-0.15, -0.1) is 0 Å². The Morgan fingerprint density at radius 1 is 1.43 bits per heavy atom. The largest absolute Gasteiger partial charge is 0.392 e. The molecule has 1 heterocycles. The van der Waals surface area contributed by atoms with Gasteiger partial charge in [-0.3, -0.25) is 0 Å². The first-order chi connectivity index (χ1) is 6.24. The molecule has 5 heteroatoms. The maximum Gasteiger partial charge on any atom is 0.152 e. The molecule has 14 heavy (non-hydrogen) atoms. The maximum atomic E-state index is 11.3. The SMILES string of the molecule is CC(O)C(C)NC1(C)CCS(=O)(=O)C1. The van der Waals surface area contributed by atoms with Gasteiger partial charge in [-0.1, -0.05) is 0 Å². The predicted molar refractivity (Wildman–Crippen MR) is 56.0 cm³/mol. The van der Waals surface area contributed by atoms with Crippen LogP contribution in [-0.2, 0) is 9.84 Å². The van der Waals surface area contributed by atoms with Crippen molar-refractivity contribution in [2.24, 2.45) is 0 Å². The maximum absolute atomic E-state index is 11.3. The van der Waals surface area contributed by atoms with Gasteiger partial charge >= 0.3 is 0 Å². The zero-order chi connectivity index (χ0) is 11.0. The highest BCUT2D eigenvalue weighted by molar-refractivity contribution is 7.91. The van der Waals surface area contributed by atoms with Gasteiger partial charge in [-0.25, -0.2) is 8.42 Å². The van der Waals surface area contributed by atoms with Gasteiger partial charge < -0.3 is 10.4 Å². The number of aliphatic hydroxyl groups excluding tert-OH is 1. The zero-order valence-electron chi connectivity index (χ0n) is 8.95. The molecule has 3 atom stereocenters. The number of sulfone groups is 1. The lowest BCUT2D eigenvalue weighted by molar-refractivity contribution is 0.135. The molecule has 0 spiro atoms. The highest BCUT2D eigenvalue weighted by atomic mass is 32.2. The number of hydrogen-bond donors (Lipinski definition) is 2. The van der Waals surface area contributed by atoms with E-state index in [4.69, 9.17) is 0 Å². The average Bonchev–Trinajstić information content (AvgIpc) is 2.25. The van der Waals surface area contributed by atoms with Crippen LogP contribution in [0.4, 0.5) is 0 Å². The van der Waals surface area contributed by atoms with Gasteiger partial charge in [0.2, 0.25) is 0 Å². The molecule has 0 aromatic heterocycles. The molecule has 4 nitrogen and oxygen atoms in total. The topological polar surface area (TPSA) is 66.4 Å². The van der Waals surface area contributed by atoms with Crippen molar-refractivity contribution in [2.45, 2.75) is 44.9 Å². The molecule has 1 aliphatic heterocycles. The van der Waals surface area contributed by atoms with E-state index in [1.54, 1.807) is 6.92 Å². The first kappa shape index (κ1) is 11.9. The van der Waals surface area contributed by atoms with Crippen molar-refractivity contribution in [1.82, 2.24) is 5.32 Å². The molecule has 84 valence electrons. The van der Waals surface area contributed by atoms with Gasteiger partial charge in [-0.05, 0) is 27.2 Å². The normalized spacial score (nSPS) is 35.4. The van der Waals surface area contributed by atoms with Crippen LogP contribution in [0.15, 0.2) is 0 Å². The highest BCUT2D eigenvalue weighted by Crippen LogP contribution is 2.23. The van der Waals surface area contributed by atoms with Gasteiger partial charge in [-0.2, -0.15) is 0 Å². The van der Waals surface area contributed by atoms with Crippen LogP contribution in [0, 0.1) is 0 Å². The van der Waals surface area contributed by atoms with E-state index in [9.17, 15) is 13.5 Å². The van der Waals surface area contributed by atoms with Crippen LogP contribution in [-0.4, -0.2) is 42.7 Å². The molecule has 0 radical (unpaired) electrons. The van der Waals surface area contributed by atoms with E-state index in [0.29, 0.717) is 6.42 Å². The minimum Gasteiger partial charge on any atom is -0.392 e. The first-order valence-electron chi connectivity index (χ1n) is 4.90. The van der Waals surface area contributed by atoms with Crippen molar-refractivity contribution in [2.75, 3.05) is 11.5 Å². The fourth-order valence-corrected chi connectivity index (χ4v) is 3.90. The van der Waals surface area contributed by atoms with Crippen LogP contribution in [0.3, 0.4) is 0 Å². The highest BCUT2D eigenvalue weighted by Gasteiger charge is 2.39. The van der Waals surface area contributed by atoms with Gasteiger partial charge in [0.05, 0.1) is 17.6 Å². The van der Waals surface area contributed by atoms with E-state index in [1.165, 1.54) is 0 Å². The van der Waals surface area contributed by atoms with E-state index in [0.717, 1.165) is 0 Å². The summed E-state index contributed by atoms with van der Waals surface area (Å²) < 4.78 is 22.6. The van der Waals surface area contributed by atoms with E-state index in [-0.39, 0.29) is 23.1 Å². The molecule has 2 N–H and O–H groups in total. The second-order valence-electron chi connectivity index (χ2n) is 4.58. The molecule has 0 aliphatic carbocycles. The standard InChI is InChI=1S/C9H19NO3S/c1-7(8(2)11)10-9(3)4-5-14(12,13)6-9/h7-8,10-11H,4-6H2,1-3H3. The summed E-state index contributed by atoms with van der Waals surface area (Å²) in [4.78, 5) is 0. The summed E-state index contributed by atoms with van der Waals surface area (Å²) in [5, 5.41) is 12.5. The Morgan fingerprint density at radius 3 is 2.36 bits per heavy atom. The second kappa shape index (κ2) is 3.79. The van der Waals surface area contributed by atoms with Crippen molar-refractivity contribution < 1.29 is 13.5 Å². The fourth-order valence-electron chi connectivity index (χ4n) is 1.79. The molecule has 1 aliphatic rings. The van der Waals surface area contributed by atoms with E-state index in [1.807, 2.05) is 13.8 Å². The number of rotatable bonds is 3. The number of hydrogen-bond acceptors (Lipinski definition) is 4. The Labute approximate surface area is 85.6 Å². The molecular formula is C9H19NO3S. The van der Waals surface area contributed by atoms with Crippen LogP contribution >= 0.6 is 0 Å². The summed E-state index contributed by atoms with van der Waals surface area (Å²) in [6.07, 6.45) is 0.168. The van der Waals surface area contributed by atoms with Gasteiger partial charge in [0.1, 0.15) is 0 Å². The minimum absolute atomic E-state index is 0.0756. The molecule has 1 fully saturated rings. The number of nitrogens with one attached hydrogen (secondary N) is 1. The predicted octanol–water partition coefficient (Wildman–Crippen LogP) is -0.0775. The first-order valence-corrected chi connectivity index (χ1v) is 6.72. The van der Waals surface area contributed by atoms with Crippen LogP contribution < -0.4 is 5.32 Å². The van der Waals surface area contributed by atoms with E-state index >= 15 is 0 Å². The Balaban J connectivity index is 2.61. The number of aliphatic hydroxyl groups is 1. The smallest absolute Gasteiger partial charge is 0.152 e. The third-order valence-electron chi connectivity index (χ3n) is 2.80. The molecule has 0 aromatic carbocycles. The molecule has 1 saturated heterocycles. The summed E-state index contributed by atoms with van der Waals surface area (Å²) >= 11 is 0. The third-order valence-corrected chi connectivity index (χ3v) is 4.71. The molecule has 0 saturated carbocycles. The summed E-state index contributed by atoms with van der Waals surface area (Å²) in [5.41, 5.74) is -0.366. The van der Waals surface area contributed by atoms with Crippen molar-refractivity contribution >= 4 is 9.84 Å². The second-order valence-corrected chi connectivity index (χ2v) is 6.76. The molecular weight excluding hydrogens is 202 g/mol. The van der Waals surface area contributed by atoms with Crippen LogP contribution in [0.25, 0.3) is 0 Å². The summed E-state index contributed by atoms with van der Waals surface area (Å²) in [6.45, 7) is 5.46. The zero-order valence-corrected chi connectivity index (χ0v) is 9.76. The monoisotopic (exact) mass is 221 g/mol. The lowest BCUT2D eigenvalue weighted by Crippen LogP contribution is -2.51. The van der Waals surface area contributed by atoms with E-state index < -0.39 is 15.9 Å². The lowest BCUT2D eigenvalue weighted by atomic mass is 10.00. The van der Waals surface area contributed by atoms with Crippen molar-refractivity contribution in [1.29, 1.82) is 0 Å². The van der Waals surface area contributed by atoms with Crippen LogP contribution in [0.1, 0.15) is 27.2 Å². The van der Waals surface area contributed by atoms with Crippen molar-refractivity contribution in [3.8, 4) is 0 Å². The van der Waals surface area contributed by atoms with Crippen molar-refractivity contribution in [3.63, 3.8) is 0 Å². The Hall–Kier alpha value is -0.130. The van der Waals surface area contributed by atoms with Gasteiger partial charge in [0.25, 0.3) is 0 Å². The van der Waals surface area contributed by atoms with Crippen molar-refractivity contribution in [3.05, 3.63) is 0 Å².